The second kappa shape index (κ2) is 6.41. The molecule has 1 aliphatic rings. The summed E-state index contributed by atoms with van der Waals surface area (Å²) in [5.74, 6) is -0.112. The smallest absolute Gasteiger partial charge is 0.270 e. The normalized spacial score (nSPS) is 16.6. The summed E-state index contributed by atoms with van der Waals surface area (Å²) in [6.45, 7) is 2.03. The van der Waals surface area contributed by atoms with Crippen molar-refractivity contribution in [3.8, 4) is 11.3 Å². The van der Waals surface area contributed by atoms with Gasteiger partial charge >= 0.3 is 0 Å². The van der Waals surface area contributed by atoms with Gasteiger partial charge in [-0.25, -0.2) is 4.98 Å². The maximum absolute atomic E-state index is 12.2. The Morgan fingerprint density at radius 1 is 1.41 bits per heavy atom. The molecule has 1 saturated heterocycles. The van der Waals surface area contributed by atoms with Crippen molar-refractivity contribution in [1.82, 2.24) is 20.2 Å². The molecule has 22 heavy (non-hydrogen) atoms. The van der Waals surface area contributed by atoms with Crippen LogP contribution >= 0.6 is 11.3 Å². The highest BCUT2D eigenvalue weighted by Crippen LogP contribution is 2.22. The van der Waals surface area contributed by atoms with Crippen molar-refractivity contribution in [2.45, 2.75) is 18.9 Å². The summed E-state index contributed by atoms with van der Waals surface area (Å²) < 4.78 is 0. The Hall–Kier alpha value is -1.99. The lowest BCUT2D eigenvalue weighted by molar-refractivity contribution is 0.0912. The second-order valence-corrected chi connectivity index (χ2v) is 6.44. The van der Waals surface area contributed by atoms with Crippen LogP contribution in [0.1, 0.15) is 23.3 Å². The summed E-state index contributed by atoms with van der Waals surface area (Å²) in [4.78, 5) is 23.0. The van der Waals surface area contributed by atoms with Crippen LogP contribution in [0.25, 0.3) is 11.3 Å². The molecule has 0 saturated carbocycles. The Kier molecular flexibility index (Phi) is 4.35. The molecule has 0 spiro atoms. The highest BCUT2D eigenvalue weighted by Gasteiger charge is 2.19. The largest absolute Gasteiger partial charge is 0.375 e. The fraction of sp³-hybridized carbons (Fsp3) is 0.400. The lowest BCUT2D eigenvalue weighted by Gasteiger charge is -2.29. The van der Waals surface area contributed by atoms with Crippen LogP contribution in [-0.2, 0) is 0 Å². The number of piperidine rings is 1. The molecular formula is C15H19N5OS. The molecule has 1 aliphatic heterocycles. The molecule has 1 amide bonds. The van der Waals surface area contributed by atoms with Crippen LogP contribution in [0.4, 0.5) is 5.13 Å². The number of nitrogens with two attached hydrogens (primary N) is 1. The van der Waals surface area contributed by atoms with Crippen molar-refractivity contribution in [2.24, 2.45) is 0 Å². The van der Waals surface area contributed by atoms with Gasteiger partial charge in [0.2, 0.25) is 0 Å². The summed E-state index contributed by atoms with van der Waals surface area (Å²) in [5.41, 5.74) is 7.72. The third-order valence-corrected chi connectivity index (χ3v) is 4.54. The van der Waals surface area contributed by atoms with E-state index in [9.17, 15) is 4.79 Å². The van der Waals surface area contributed by atoms with E-state index in [1.807, 2.05) is 11.4 Å². The minimum atomic E-state index is -0.112. The molecule has 0 bridgehead atoms. The molecule has 3 rings (SSSR count). The Balaban J connectivity index is 1.63. The summed E-state index contributed by atoms with van der Waals surface area (Å²) in [7, 11) is 2.10. The van der Waals surface area contributed by atoms with Gasteiger partial charge in [-0.15, -0.1) is 11.3 Å². The van der Waals surface area contributed by atoms with Gasteiger partial charge in [0.05, 0.1) is 5.69 Å². The Morgan fingerprint density at radius 2 is 2.18 bits per heavy atom. The van der Waals surface area contributed by atoms with Gasteiger partial charge in [-0.2, -0.15) is 0 Å². The molecule has 0 aliphatic carbocycles. The van der Waals surface area contributed by atoms with Crippen LogP contribution in [0.3, 0.4) is 0 Å². The molecule has 116 valence electrons. The van der Waals surface area contributed by atoms with E-state index in [0.29, 0.717) is 10.8 Å². The summed E-state index contributed by atoms with van der Waals surface area (Å²) >= 11 is 1.39. The fourth-order valence-electron chi connectivity index (χ4n) is 2.51. The first kappa shape index (κ1) is 14.9. The van der Waals surface area contributed by atoms with Crippen LogP contribution in [-0.4, -0.2) is 47.0 Å². The highest BCUT2D eigenvalue weighted by molar-refractivity contribution is 7.13. The van der Waals surface area contributed by atoms with E-state index in [4.69, 9.17) is 5.73 Å². The minimum absolute atomic E-state index is 0.112. The summed E-state index contributed by atoms with van der Waals surface area (Å²) in [5, 5.41) is 5.46. The number of amides is 1. The van der Waals surface area contributed by atoms with E-state index < -0.39 is 0 Å². The fourth-order valence-corrected chi connectivity index (χ4v) is 3.08. The molecule has 0 aromatic carbocycles. The summed E-state index contributed by atoms with van der Waals surface area (Å²) in [6.07, 6.45) is 3.63. The molecule has 7 heteroatoms. The van der Waals surface area contributed by atoms with Crippen molar-refractivity contribution in [3.63, 3.8) is 0 Å². The SMILES string of the molecule is CN1CCC(NC(=O)c2ccc(-c3csc(N)n3)cn2)CC1. The highest BCUT2D eigenvalue weighted by atomic mass is 32.1. The topological polar surface area (TPSA) is 84.1 Å². The number of carbonyl (C=O) groups excluding carboxylic acids is 1. The average Bonchev–Trinajstić information content (AvgIpc) is 2.96. The first-order valence-electron chi connectivity index (χ1n) is 7.28. The van der Waals surface area contributed by atoms with E-state index in [-0.39, 0.29) is 11.9 Å². The number of nitrogens with one attached hydrogen (secondary N) is 1. The number of rotatable bonds is 3. The van der Waals surface area contributed by atoms with Gasteiger partial charge in [-0.1, -0.05) is 0 Å². The standard InChI is InChI=1S/C15H19N5OS/c1-20-6-4-11(5-7-20)18-14(21)12-3-2-10(8-17-12)13-9-22-15(16)19-13/h2-3,8-9,11H,4-7H2,1H3,(H2,16,19)(H,18,21). The van der Waals surface area contributed by atoms with Crippen LogP contribution in [0.15, 0.2) is 23.7 Å². The second-order valence-electron chi connectivity index (χ2n) is 5.55. The molecule has 3 N–H and O–H groups in total. The van der Waals surface area contributed by atoms with E-state index in [0.717, 1.165) is 37.2 Å². The Labute approximate surface area is 133 Å². The number of hydrogen-bond donors (Lipinski definition) is 2. The number of hydrogen-bond acceptors (Lipinski definition) is 6. The number of anilines is 1. The van der Waals surface area contributed by atoms with E-state index >= 15 is 0 Å². The predicted molar refractivity (Wildman–Crippen MR) is 87.7 cm³/mol. The van der Waals surface area contributed by atoms with E-state index in [1.165, 1.54) is 11.3 Å². The molecule has 6 nitrogen and oxygen atoms in total. The van der Waals surface area contributed by atoms with Crippen molar-refractivity contribution >= 4 is 22.4 Å². The molecule has 3 heterocycles. The maximum Gasteiger partial charge on any atom is 0.270 e. The average molecular weight is 317 g/mol. The van der Waals surface area contributed by atoms with Gasteiger partial charge in [0.15, 0.2) is 5.13 Å². The number of nitrogens with zero attached hydrogens (tertiary/aromatic N) is 3. The van der Waals surface area contributed by atoms with Gasteiger partial charge in [-0.05, 0) is 45.1 Å². The molecular weight excluding hydrogens is 298 g/mol. The van der Waals surface area contributed by atoms with E-state index in [1.54, 1.807) is 12.3 Å². The zero-order chi connectivity index (χ0) is 15.5. The van der Waals surface area contributed by atoms with Crippen LogP contribution in [0, 0.1) is 0 Å². The number of carbonyl (C=O) groups is 1. The summed E-state index contributed by atoms with van der Waals surface area (Å²) in [6, 6.07) is 3.82. The third-order valence-electron chi connectivity index (χ3n) is 3.87. The molecule has 2 aromatic heterocycles. The molecule has 0 radical (unpaired) electrons. The zero-order valence-corrected chi connectivity index (χ0v) is 13.3. The first-order valence-corrected chi connectivity index (χ1v) is 8.16. The van der Waals surface area contributed by atoms with Gasteiger partial charge < -0.3 is 16.0 Å². The van der Waals surface area contributed by atoms with Gasteiger partial charge in [-0.3, -0.25) is 9.78 Å². The van der Waals surface area contributed by atoms with Crippen molar-refractivity contribution in [1.29, 1.82) is 0 Å². The minimum Gasteiger partial charge on any atom is -0.375 e. The molecule has 0 unspecified atom stereocenters. The first-order chi connectivity index (χ1) is 10.6. The van der Waals surface area contributed by atoms with Crippen molar-refractivity contribution in [3.05, 3.63) is 29.4 Å². The third kappa shape index (κ3) is 3.42. The zero-order valence-electron chi connectivity index (χ0n) is 12.5. The Bertz CT molecular complexity index is 646. The van der Waals surface area contributed by atoms with Crippen LogP contribution in [0.5, 0.6) is 0 Å². The van der Waals surface area contributed by atoms with Crippen LogP contribution < -0.4 is 11.1 Å². The Morgan fingerprint density at radius 3 is 2.77 bits per heavy atom. The number of pyridine rings is 1. The van der Waals surface area contributed by atoms with Crippen molar-refractivity contribution < 1.29 is 4.79 Å². The number of likely N-dealkylation sites (tertiary alicyclic amines) is 1. The molecule has 0 atom stereocenters. The number of thiazole rings is 1. The molecule has 1 fully saturated rings. The number of aromatic nitrogens is 2. The number of nitrogen functional groups attached to an aromatic ring is 1. The van der Waals surface area contributed by atoms with E-state index in [2.05, 4.69) is 27.2 Å². The lowest BCUT2D eigenvalue weighted by atomic mass is 10.1. The maximum atomic E-state index is 12.2. The monoisotopic (exact) mass is 317 g/mol. The lowest BCUT2D eigenvalue weighted by Crippen LogP contribution is -2.43. The van der Waals surface area contributed by atoms with Gasteiger partial charge in [0.1, 0.15) is 5.69 Å². The predicted octanol–water partition coefficient (Wildman–Crippen LogP) is 1.61. The van der Waals surface area contributed by atoms with Gasteiger partial charge in [0, 0.05) is 23.2 Å². The molecule has 2 aromatic rings. The van der Waals surface area contributed by atoms with Gasteiger partial charge in [0.25, 0.3) is 5.91 Å². The quantitative estimate of drug-likeness (QED) is 0.898. The van der Waals surface area contributed by atoms with Crippen molar-refractivity contribution in [2.75, 3.05) is 25.9 Å². The van der Waals surface area contributed by atoms with Crippen LogP contribution in [0.2, 0.25) is 0 Å².